The summed E-state index contributed by atoms with van der Waals surface area (Å²) in [5, 5.41) is 0. The summed E-state index contributed by atoms with van der Waals surface area (Å²) in [6, 6.07) is 23.4. The SMILES string of the molecule is Cc1ccc(S(=O)(=O)Nc2ccc(CN3CCN(c4ccccc4)CC3)cc2)cc1C. The molecule has 1 saturated heterocycles. The van der Waals surface area contributed by atoms with Crippen LogP contribution in [-0.2, 0) is 16.6 Å². The molecule has 0 aliphatic carbocycles. The Morgan fingerprint density at radius 3 is 2.13 bits per heavy atom. The highest BCUT2D eigenvalue weighted by Gasteiger charge is 2.18. The normalized spacial score (nSPS) is 15.1. The molecule has 5 nitrogen and oxygen atoms in total. The van der Waals surface area contributed by atoms with Crippen LogP contribution >= 0.6 is 0 Å². The molecule has 1 aliphatic rings. The van der Waals surface area contributed by atoms with E-state index in [2.05, 4.69) is 38.8 Å². The summed E-state index contributed by atoms with van der Waals surface area (Å²) in [7, 11) is -3.59. The molecule has 1 aliphatic heterocycles. The Morgan fingerprint density at radius 2 is 1.48 bits per heavy atom. The molecule has 3 aromatic carbocycles. The molecule has 3 aromatic rings. The van der Waals surface area contributed by atoms with Crippen LogP contribution in [0.25, 0.3) is 0 Å². The van der Waals surface area contributed by atoms with Gasteiger partial charge in [0.05, 0.1) is 4.90 Å². The highest BCUT2D eigenvalue weighted by molar-refractivity contribution is 7.92. The zero-order valence-electron chi connectivity index (χ0n) is 18.1. The predicted octanol–water partition coefficient (Wildman–Crippen LogP) is 4.43. The third-order valence-electron chi connectivity index (χ3n) is 5.89. The molecule has 31 heavy (non-hydrogen) atoms. The largest absolute Gasteiger partial charge is 0.369 e. The monoisotopic (exact) mass is 435 g/mol. The first-order chi connectivity index (χ1) is 14.9. The summed E-state index contributed by atoms with van der Waals surface area (Å²) in [4.78, 5) is 5.14. The number of aryl methyl sites for hydroxylation is 2. The van der Waals surface area contributed by atoms with Crippen molar-refractivity contribution in [1.29, 1.82) is 0 Å². The summed E-state index contributed by atoms with van der Waals surface area (Å²) in [6.45, 7) is 8.80. The summed E-state index contributed by atoms with van der Waals surface area (Å²) >= 11 is 0. The third-order valence-corrected chi connectivity index (χ3v) is 7.27. The van der Waals surface area contributed by atoms with E-state index in [1.54, 1.807) is 12.1 Å². The van der Waals surface area contributed by atoms with Crippen LogP contribution in [0.4, 0.5) is 11.4 Å². The topological polar surface area (TPSA) is 52.7 Å². The Morgan fingerprint density at radius 1 is 0.806 bits per heavy atom. The highest BCUT2D eigenvalue weighted by atomic mass is 32.2. The molecule has 0 radical (unpaired) electrons. The lowest BCUT2D eigenvalue weighted by atomic mass is 10.1. The van der Waals surface area contributed by atoms with E-state index in [1.165, 1.54) is 11.3 Å². The minimum Gasteiger partial charge on any atom is -0.369 e. The molecule has 0 aromatic heterocycles. The maximum atomic E-state index is 12.7. The summed E-state index contributed by atoms with van der Waals surface area (Å²) < 4.78 is 28.1. The fourth-order valence-corrected chi connectivity index (χ4v) is 4.98. The van der Waals surface area contributed by atoms with Gasteiger partial charge in [-0.1, -0.05) is 36.4 Å². The van der Waals surface area contributed by atoms with Crippen molar-refractivity contribution in [3.63, 3.8) is 0 Å². The first-order valence-electron chi connectivity index (χ1n) is 10.6. The van der Waals surface area contributed by atoms with E-state index < -0.39 is 10.0 Å². The molecule has 4 rings (SSSR count). The molecule has 1 heterocycles. The summed E-state index contributed by atoms with van der Waals surface area (Å²) in [5.74, 6) is 0. The lowest BCUT2D eigenvalue weighted by Crippen LogP contribution is -2.45. The number of hydrogen-bond acceptors (Lipinski definition) is 4. The van der Waals surface area contributed by atoms with Crippen molar-refractivity contribution in [3.8, 4) is 0 Å². The quantitative estimate of drug-likeness (QED) is 0.623. The van der Waals surface area contributed by atoms with E-state index >= 15 is 0 Å². The Kier molecular flexibility index (Phi) is 6.30. The van der Waals surface area contributed by atoms with Crippen molar-refractivity contribution in [2.24, 2.45) is 0 Å². The average molecular weight is 436 g/mol. The number of hydrogen-bond donors (Lipinski definition) is 1. The molecular weight excluding hydrogens is 406 g/mol. The van der Waals surface area contributed by atoms with Gasteiger partial charge in [0, 0.05) is 44.1 Å². The van der Waals surface area contributed by atoms with Crippen LogP contribution in [-0.4, -0.2) is 39.5 Å². The fraction of sp³-hybridized carbons (Fsp3) is 0.280. The second-order valence-electron chi connectivity index (χ2n) is 8.15. The smallest absolute Gasteiger partial charge is 0.261 e. The van der Waals surface area contributed by atoms with E-state index in [1.807, 2.05) is 50.2 Å². The van der Waals surface area contributed by atoms with Crippen molar-refractivity contribution in [3.05, 3.63) is 89.5 Å². The van der Waals surface area contributed by atoms with Crippen LogP contribution < -0.4 is 9.62 Å². The molecule has 1 N–H and O–H groups in total. The van der Waals surface area contributed by atoms with Gasteiger partial charge in [0.2, 0.25) is 0 Å². The second kappa shape index (κ2) is 9.12. The van der Waals surface area contributed by atoms with Crippen LogP contribution in [0.2, 0.25) is 0 Å². The maximum absolute atomic E-state index is 12.7. The van der Waals surface area contributed by atoms with E-state index in [0.717, 1.165) is 43.9 Å². The zero-order chi connectivity index (χ0) is 21.8. The average Bonchev–Trinajstić information content (AvgIpc) is 2.78. The van der Waals surface area contributed by atoms with Gasteiger partial charge in [0.1, 0.15) is 0 Å². The van der Waals surface area contributed by atoms with Crippen LogP contribution in [0.5, 0.6) is 0 Å². The van der Waals surface area contributed by atoms with Gasteiger partial charge in [-0.2, -0.15) is 0 Å². The molecule has 6 heteroatoms. The molecule has 0 saturated carbocycles. The molecule has 162 valence electrons. The zero-order valence-corrected chi connectivity index (χ0v) is 18.9. The van der Waals surface area contributed by atoms with Gasteiger partial charge in [0.15, 0.2) is 0 Å². The number of nitrogens with zero attached hydrogens (tertiary/aromatic N) is 2. The van der Waals surface area contributed by atoms with Crippen LogP contribution in [0.15, 0.2) is 77.7 Å². The first kappa shape index (κ1) is 21.4. The van der Waals surface area contributed by atoms with E-state index in [0.29, 0.717) is 5.69 Å². The number of rotatable bonds is 6. The summed E-state index contributed by atoms with van der Waals surface area (Å²) in [6.07, 6.45) is 0. The fourth-order valence-electron chi connectivity index (χ4n) is 3.83. The number of para-hydroxylation sites is 1. The molecule has 0 spiro atoms. The molecule has 0 bridgehead atoms. The van der Waals surface area contributed by atoms with Gasteiger partial charge in [0.25, 0.3) is 10.0 Å². The van der Waals surface area contributed by atoms with Crippen molar-refractivity contribution in [1.82, 2.24) is 4.90 Å². The van der Waals surface area contributed by atoms with Crippen LogP contribution in [0.3, 0.4) is 0 Å². The predicted molar refractivity (Wildman–Crippen MR) is 127 cm³/mol. The maximum Gasteiger partial charge on any atom is 0.261 e. The van der Waals surface area contributed by atoms with E-state index in [4.69, 9.17) is 0 Å². The van der Waals surface area contributed by atoms with Crippen LogP contribution in [0, 0.1) is 13.8 Å². The van der Waals surface area contributed by atoms with Crippen molar-refractivity contribution >= 4 is 21.4 Å². The third kappa shape index (κ3) is 5.27. The van der Waals surface area contributed by atoms with Crippen molar-refractivity contribution < 1.29 is 8.42 Å². The Balaban J connectivity index is 1.34. The minimum absolute atomic E-state index is 0.288. The molecule has 0 atom stereocenters. The summed E-state index contributed by atoms with van der Waals surface area (Å²) in [5.41, 5.74) is 5.08. The highest BCUT2D eigenvalue weighted by Crippen LogP contribution is 2.21. The van der Waals surface area contributed by atoms with Gasteiger partial charge in [-0.05, 0) is 66.9 Å². The van der Waals surface area contributed by atoms with Gasteiger partial charge in [-0.3, -0.25) is 9.62 Å². The van der Waals surface area contributed by atoms with Gasteiger partial charge in [-0.15, -0.1) is 0 Å². The lowest BCUT2D eigenvalue weighted by Gasteiger charge is -2.36. The van der Waals surface area contributed by atoms with Gasteiger partial charge in [-0.25, -0.2) is 8.42 Å². The standard InChI is InChI=1S/C25H29N3O2S/c1-20-8-13-25(18-21(20)2)31(29,30)26-23-11-9-22(10-12-23)19-27-14-16-28(17-15-27)24-6-4-3-5-7-24/h3-13,18,26H,14-17,19H2,1-2H3. The van der Waals surface area contributed by atoms with E-state index in [9.17, 15) is 8.42 Å². The van der Waals surface area contributed by atoms with E-state index in [-0.39, 0.29) is 4.90 Å². The molecule has 0 amide bonds. The Labute approximate surface area is 185 Å². The number of anilines is 2. The van der Waals surface area contributed by atoms with Crippen LogP contribution in [0.1, 0.15) is 16.7 Å². The van der Waals surface area contributed by atoms with Gasteiger partial charge >= 0.3 is 0 Å². The number of piperazine rings is 1. The van der Waals surface area contributed by atoms with Crippen molar-refractivity contribution in [2.45, 2.75) is 25.3 Å². The minimum atomic E-state index is -3.59. The lowest BCUT2D eigenvalue weighted by molar-refractivity contribution is 0.250. The second-order valence-corrected chi connectivity index (χ2v) is 9.83. The molecular formula is C25H29N3O2S. The Hall–Kier alpha value is -2.83. The first-order valence-corrected chi connectivity index (χ1v) is 12.1. The number of sulfonamides is 1. The van der Waals surface area contributed by atoms with Crippen molar-refractivity contribution in [2.75, 3.05) is 35.8 Å². The number of nitrogens with one attached hydrogen (secondary N) is 1. The number of benzene rings is 3. The Bertz CT molecular complexity index is 1120. The molecule has 1 fully saturated rings. The molecule has 0 unspecified atom stereocenters. The van der Waals surface area contributed by atoms with Gasteiger partial charge < -0.3 is 4.90 Å².